The molecular formula is C8H7BrN4. The van der Waals surface area contributed by atoms with Crippen molar-refractivity contribution in [1.82, 2.24) is 20.2 Å². The van der Waals surface area contributed by atoms with Crippen molar-refractivity contribution in [3.8, 4) is 11.5 Å². The van der Waals surface area contributed by atoms with Crippen molar-refractivity contribution in [3.63, 3.8) is 0 Å². The number of rotatable bonds is 1. The molecule has 5 heteroatoms. The molecule has 0 spiro atoms. The van der Waals surface area contributed by atoms with E-state index in [4.69, 9.17) is 0 Å². The fraction of sp³-hybridized carbons (Fsp3) is 0.125. The van der Waals surface area contributed by atoms with Gasteiger partial charge in [-0.2, -0.15) is 5.10 Å². The molecule has 4 nitrogen and oxygen atoms in total. The van der Waals surface area contributed by atoms with E-state index in [1.54, 1.807) is 6.20 Å². The minimum Gasteiger partial charge on any atom is -0.258 e. The lowest BCUT2D eigenvalue weighted by Gasteiger charge is -1.99. The maximum Gasteiger partial charge on any atom is 0.174 e. The molecule has 2 aromatic rings. The summed E-state index contributed by atoms with van der Waals surface area (Å²) in [5, 5.41) is 6.52. The van der Waals surface area contributed by atoms with Crippen LogP contribution in [0.15, 0.2) is 23.1 Å². The van der Waals surface area contributed by atoms with Gasteiger partial charge >= 0.3 is 0 Å². The predicted molar refractivity (Wildman–Crippen MR) is 52.1 cm³/mol. The molecule has 2 aromatic heterocycles. The number of hydrogen-bond donors (Lipinski definition) is 1. The first-order chi connectivity index (χ1) is 6.27. The third-order valence-electron chi connectivity index (χ3n) is 1.70. The van der Waals surface area contributed by atoms with Crippen LogP contribution in [0.2, 0.25) is 0 Å². The van der Waals surface area contributed by atoms with E-state index in [1.807, 2.05) is 13.0 Å². The normalized spacial score (nSPS) is 10.3. The Balaban J connectivity index is 2.49. The molecule has 2 heterocycles. The Morgan fingerprint density at radius 2 is 2.23 bits per heavy atom. The minimum atomic E-state index is 0.690. The van der Waals surface area contributed by atoms with Gasteiger partial charge in [-0.05, 0) is 34.5 Å². The molecule has 1 N–H and O–H groups in total. The Labute approximate surface area is 83.6 Å². The zero-order valence-electron chi connectivity index (χ0n) is 6.95. The summed E-state index contributed by atoms with van der Waals surface area (Å²) >= 11 is 3.38. The maximum atomic E-state index is 4.20. The van der Waals surface area contributed by atoms with Gasteiger partial charge in [0, 0.05) is 10.7 Å². The van der Waals surface area contributed by atoms with Gasteiger partial charge in [0.05, 0.1) is 0 Å². The summed E-state index contributed by atoms with van der Waals surface area (Å²) in [6.07, 6.45) is 3.22. The molecule has 0 aliphatic heterocycles. The van der Waals surface area contributed by atoms with Crippen LogP contribution in [0.4, 0.5) is 0 Å². The molecule has 0 unspecified atom stereocenters. The lowest BCUT2D eigenvalue weighted by molar-refractivity contribution is 1.08. The van der Waals surface area contributed by atoms with Crippen molar-refractivity contribution in [2.75, 3.05) is 0 Å². The average Bonchev–Trinajstić information content (AvgIpc) is 2.62. The summed E-state index contributed by atoms with van der Waals surface area (Å²) in [5.74, 6) is 0.690. The van der Waals surface area contributed by atoms with Crippen molar-refractivity contribution < 1.29 is 0 Å². The number of aromatic amines is 1. The first kappa shape index (κ1) is 8.37. The highest BCUT2D eigenvalue weighted by Gasteiger charge is 2.03. The molecule has 0 saturated heterocycles. The van der Waals surface area contributed by atoms with Crippen LogP contribution in [0.1, 0.15) is 5.56 Å². The summed E-state index contributed by atoms with van der Waals surface area (Å²) in [6, 6.07) is 1.95. The number of halogens is 1. The fourth-order valence-corrected chi connectivity index (χ4v) is 1.21. The SMILES string of the molecule is Cc1cc(-c2ncn[nH]2)ncc1Br. The number of nitrogens with one attached hydrogen (secondary N) is 1. The van der Waals surface area contributed by atoms with Gasteiger partial charge in [0.15, 0.2) is 5.82 Å². The number of hydrogen-bond acceptors (Lipinski definition) is 3. The van der Waals surface area contributed by atoms with Gasteiger partial charge < -0.3 is 0 Å². The van der Waals surface area contributed by atoms with Crippen LogP contribution in [0.5, 0.6) is 0 Å². The molecule has 0 fully saturated rings. The lowest BCUT2D eigenvalue weighted by atomic mass is 10.2. The second-order valence-electron chi connectivity index (χ2n) is 2.65. The van der Waals surface area contributed by atoms with Gasteiger partial charge in [-0.1, -0.05) is 0 Å². The van der Waals surface area contributed by atoms with Gasteiger partial charge in [-0.3, -0.25) is 10.1 Å². The number of nitrogens with zero attached hydrogens (tertiary/aromatic N) is 3. The van der Waals surface area contributed by atoms with Gasteiger partial charge in [-0.25, -0.2) is 4.98 Å². The fourth-order valence-electron chi connectivity index (χ4n) is 0.998. The molecule has 66 valence electrons. The summed E-state index contributed by atoms with van der Waals surface area (Å²) < 4.78 is 0.996. The first-order valence-corrected chi connectivity index (χ1v) is 4.54. The molecule has 0 aliphatic rings. The van der Waals surface area contributed by atoms with Crippen molar-refractivity contribution in [2.45, 2.75) is 6.92 Å². The molecule has 13 heavy (non-hydrogen) atoms. The Morgan fingerprint density at radius 1 is 1.38 bits per heavy atom. The third-order valence-corrected chi connectivity index (χ3v) is 2.53. The van der Waals surface area contributed by atoms with E-state index in [1.165, 1.54) is 6.33 Å². The molecule has 2 rings (SSSR count). The van der Waals surface area contributed by atoms with Gasteiger partial charge in [0.1, 0.15) is 12.0 Å². The Kier molecular flexibility index (Phi) is 2.10. The largest absolute Gasteiger partial charge is 0.258 e. The summed E-state index contributed by atoms with van der Waals surface area (Å²) in [7, 11) is 0. The minimum absolute atomic E-state index is 0.690. The van der Waals surface area contributed by atoms with Gasteiger partial charge in [0.2, 0.25) is 0 Å². The lowest BCUT2D eigenvalue weighted by Crippen LogP contribution is -1.87. The molecule has 0 aromatic carbocycles. The van der Waals surface area contributed by atoms with E-state index in [-0.39, 0.29) is 0 Å². The van der Waals surface area contributed by atoms with Gasteiger partial charge in [-0.15, -0.1) is 0 Å². The van der Waals surface area contributed by atoms with E-state index < -0.39 is 0 Å². The Bertz CT molecular complexity index is 410. The zero-order chi connectivity index (χ0) is 9.26. The highest BCUT2D eigenvalue weighted by atomic mass is 79.9. The molecular weight excluding hydrogens is 232 g/mol. The smallest absolute Gasteiger partial charge is 0.174 e. The van der Waals surface area contributed by atoms with E-state index in [0.29, 0.717) is 5.82 Å². The van der Waals surface area contributed by atoms with Crippen LogP contribution in [-0.4, -0.2) is 20.2 Å². The monoisotopic (exact) mass is 238 g/mol. The summed E-state index contributed by atoms with van der Waals surface area (Å²) in [4.78, 5) is 8.21. The highest BCUT2D eigenvalue weighted by Crippen LogP contribution is 2.18. The van der Waals surface area contributed by atoms with E-state index in [2.05, 4.69) is 36.1 Å². The third kappa shape index (κ3) is 1.60. The van der Waals surface area contributed by atoms with Crippen LogP contribution in [0.3, 0.4) is 0 Å². The predicted octanol–water partition coefficient (Wildman–Crippen LogP) is 1.94. The van der Waals surface area contributed by atoms with E-state index in [0.717, 1.165) is 15.7 Å². The van der Waals surface area contributed by atoms with Crippen LogP contribution in [0, 0.1) is 6.92 Å². The quantitative estimate of drug-likeness (QED) is 0.827. The Morgan fingerprint density at radius 3 is 2.85 bits per heavy atom. The highest BCUT2D eigenvalue weighted by molar-refractivity contribution is 9.10. The van der Waals surface area contributed by atoms with Crippen molar-refractivity contribution >= 4 is 15.9 Å². The van der Waals surface area contributed by atoms with E-state index >= 15 is 0 Å². The molecule has 0 bridgehead atoms. The molecule has 0 amide bonds. The summed E-state index contributed by atoms with van der Waals surface area (Å²) in [5.41, 5.74) is 1.93. The first-order valence-electron chi connectivity index (χ1n) is 3.75. The molecule has 0 radical (unpaired) electrons. The standard InChI is InChI=1S/C8H7BrN4/c1-5-2-7(10-3-6(5)9)8-11-4-12-13-8/h2-4H,1H3,(H,11,12,13). The second-order valence-corrected chi connectivity index (χ2v) is 3.51. The molecule has 0 aliphatic carbocycles. The number of pyridine rings is 1. The van der Waals surface area contributed by atoms with Crippen molar-refractivity contribution in [2.24, 2.45) is 0 Å². The molecule has 0 atom stereocenters. The Hall–Kier alpha value is -1.23. The van der Waals surface area contributed by atoms with Crippen LogP contribution in [0.25, 0.3) is 11.5 Å². The maximum absolute atomic E-state index is 4.20. The number of aryl methyl sites for hydroxylation is 1. The summed E-state index contributed by atoms with van der Waals surface area (Å²) in [6.45, 7) is 2.01. The van der Waals surface area contributed by atoms with Crippen molar-refractivity contribution in [3.05, 3.63) is 28.6 Å². The van der Waals surface area contributed by atoms with Gasteiger partial charge in [0.25, 0.3) is 0 Å². The van der Waals surface area contributed by atoms with Crippen LogP contribution >= 0.6 is 15.9 Å². The van der Waals surface area contributed by atoms with Crippen LogP contribution < -0.4 is 0 Å². The average molecular weight is 239 g/mol. The van der Waals surface area contributed by atoms with Crippen molar-refractivity contribution in [1.29, 1.82) is 0 Å². The van der Waals surface area contributed by atoms with Crippen LogP contribution in [-0.2, 0) is 0 Å². The topological polar surface area (TPSA) is 54.5 Å². The zero-order valence-corrected chi connectivity index (χ0v) is 8.54. The number of aromatic nitrogens is 4. The second kappa shape index (κ2) is 3.26. The number of H-pyrrole nitrogens is 1. The van der Waals surface area contributed by atoms with E-state index in [9.17, 15) is 0 Å². The molecule has 0 saturated carbocycles.